The van der Waals surface area contributed by atoms with Gasteiger partial charge in [-0.3, -0.25) is 4.79 Å². The third-order valence-electron chi connectivity index (χ3n) is 2.53. The largest absolute Gasteiger partial charge is 0.444 e. The van der Waals surface area contributed by atoms with Gasteiger partial charge in [-0.15, -0.1) is 11.6 Å². The van der Waals surface area contributed by atoms with Gasteiger partial charge in [-0.05, 0) is 32.8 Å². The van der Waals surface area contributed by atoms with Gasteiger partial charge >= 0.3 is 6.09 Å². The van der Waals surface area contributed by atoms with Crippen LogP contribution in [0, 0.1) is 0 Å². The van der Waals surface area contributed by atoms with Crippen molar-refractivity contribution in [1.82, 2.24) is 5.32 Å². The molecular weight excluding hydrogens is 358 g/mol. The third kappa shape index (κ3) is 6.96. The van der Waals surface area contributed by atoms with Gasteiger partial charge in [0.1, 0.15) is 9.89 Å². The van der Waals surface area contributed by atoms with Crippen LogP contribution in [-0.2, 0) is 16.0 Å². The minimum Gasteiger partial charge on any atom is -0.444 e. The van der Waals surface area contributed by atoms with E-state index in [2.05, 4.69) is 21.2 Å². The maximum absolute atomic E-state index is 12.1. The van der Waals surface area contributed by atoms with E-state index in [4.69, 9.17) is 16.3 Å². The third-order valence-corrected chi connectivity index (χ3v) is 3.20. The monoisotopic (exact) mass is 375 g/mol. The van der Waals surface area contributed by atoms with Crippen molar-refractivity contribution < 1.29 is 14.3 Å². The Kier molecular flexibility index (Phi) is 6.68. The summed E-state index contributed by atoms with van der Waals surface area (Å²) in [6.07, 6.45) is -0.283. The fourth-order valence-corrected chi connectivity index (χ4v) is 2.15. The Morgan fingerprint density at radius 1 is 1.29 bits per heavy atom. The number of carbonyl (C=O) groups excluding carboxylic acids is 2. The number of hydrogen-bond donors (Lipinski definition) is 1. The Labute approximate surface area is 138 Å². The molecule has 1 amide bonds. The van der Waals surface area contributed by atoms with Crippen LogP contribution in [0.3, 0.4) is 0 Å². The first-order valence-corrected chi connectivity index (χ1v) is 7.89. The molecule has 4 nitrogen and oxygen atoms in total. The van der Waals surface area contributed by atoms with Crippen molar-refractivity contribution in [3.63, 3.8) is 0 Å². The van der Waals surface area contributed by atoms with Crippen LogP contribution >= 0.6 is 27.5 Å². The van der Waals surface area contributed by atoms with Crippen molar-refractivity contribution in [3.05, 3.63) is 35.9 Å². The van der Waals surface area contributed by atoms with Gasteiger partial charge in [-0.1, -0.05) is 46.3 Å². The van der Waals surface area contributed by atoms with Crippen LogP contribution < -0.4 is 5.32 Å². The highest BCUT2D eigenvalue weighted by Gasteiger charge is 2.27. The van der Waals surface area contributed by atoms with E-state index < -0.39 is 22.0 Å². The number of alkyl carbamates (subject to hydrolysis) is 1. The average Bonchev–Trinajstić information content (AvgIpc) is 2.36. The Hall–Kier alpha value is -1.07. The molecule has 21 heavy (non-hydrogen) atoms. The van der Waals surface area contributed by atoms with Crippen LogP contribution in [-0.4, -0.2) is 27.8 Å². The Balaban J connectivity index is 2.78. The van der Waals surface area contributed by atoms with Gasteiger partial charge in [0.2, 0.25) is 0 Å². The van der Waals surface area contributed by atoms with E-state index in [1.165, 1.54) is 0 Å². The van der Waals surface area contributed by atoms with E-state index in [1.54, 1.807) is 20.8 Å². The molecule has 116 valence electrons. The number of nitrogens with one attached hydrogen (secondary N) is 1. The second kappa shape index (κ2) is 7.80. The number of amides is 1. The van der Waals surface area contributed by atoms with Crippen molar-refractivity contribution >= 4 is 39.4 Å². The number of ether oxygens (including phenoxy) is 1. The Bertz CT molecular complexity index is 485. The van der Waals surface area contributed by atoms with E-state index in [9.17, 15) is 9.59 Å². The molecule has 1 N–H and O–H groups in total. The topological polar surface area (TPSA) is 55.4 Å². The zero-order chi connectivity index (χ0) is 16.0. The molecule has 0 aliphatic rings. The maximum atomic E-state index is 12.1. The molecule has 0 saturated carbocycles. The number of benzene rings is 1. The molecule has 0 radical (unpaired) electrons. The predicted molar refractivity (Wildman–Crippen MR) is 86.9 cm³/mol. The standard InChI is InChI=1S/C15H19BrClNO3/c1-15(2,3)21-14(20)18-11(12(19)13(16)17)9-10-7-5-4-6-8-10/h4-8,11,13H,9H2,1-3H3,(H,18,20)/t11-,13?/m0/s1. The van der Waals surface area contributed by atoms with Crippen LogP contribution in [0.5, 0.6) is 0 Å². The summed E-state index contributed by atoms with van der Waals surface area (Å²) >= 11 is 8.81. The van der Waals surface area contributed by atoms with Crippen LogP contribution in [0.2, 0.25) is 0 Å². The second-order valence-electron chi connectivity index (χ2n) is 5.59. The molecule has 0 spiro atoms. The van der Waals surface area contributed by atoms with Crippen LogP contribution in [0.4, 0.5) is 4.79 Å². The first-order valence-electron chi connectivity index (χ1n) is 6.54. The summed E-state index contributed by atoms with van der Waals surface area (Å²) in [4.78, 5) is 23.9. The number of carbonyl (C=O) groups is 2. The summed E-state index contributed by atoms with van der Waals surface area (Å²) in [5.74, 6) is -0.314. The molecule has 0 bridgehead atoms. The number of Topliss-reactive ketones (excluding diaryl/α,β-unsaturated/α-hetero) is 1. The molecule has 0 aliphatic carbocycles. The highest BCUT2D eigenvalue weighted by atomic mass is 79.9. The zero-order valence-electron chi connectivity index (χ0n) is 12.2. The Morgan fingerprint density at radius 3 is 2.33 bits per heavy atom. The lowest BCUT2D eigenvalue weighted by molar-refractivity contribution is -0.119. The van der Waals surface area contributed by atoms with Gasteiger partial charge in [-0.2, -0.15) is 0 Å². The van der Waals surface area contributed by atoms with Crippen molar-refractivity contribution in [3.8, 4) is 0 Å². The minimum absolute atomic E-state index is 0.314. The molecule has 1 rings (SSSR count). The number of alkyl halides is 2. The molecule has 0 aromatic heterocycles. The molecule has 0 aliphatic heterocycles. The minimum atomic E-state index is -0.860. The van der Waals surface area contributed by atoms with Gasteiger partial charge < -0.3 is 10.1 Å². The van der Waals surface area contributed by atoms with Crippen molar-refractivity contribution in [2.45, 2.75) is 43.1 Å². The van der Waals surface area contributed by atoms with E-state index >= 15 is 0 Å². The number of halogens is 2. The summed E-state index contributed by atoms with van der Waals surface area (Å²) in [5.41, 5.74) is 0.302. The fourth-order valence-electron chi connectivity index (χ4n) is 1.67. The summed E-state index contributed by atoms with van der Waals surface area (Å²) < 4.78 is 4.32. The van der Waals surface area contributed by atoms with Crippen molar-refractivity contribution in [2.24, 2.45) is 0 Å². The molecule has 0 heterocycles. The van der Waals surface area contributed by atoms with Gasteiger partial charge in [0.25, 0.3) is 0 Å². The first kappa shape index (κ1) is 18.0. The maximum Gasteiger partial charge on any atom is 0.408 e. The second-order valence-corrected chi connectivity index (χ2v) is 7.47. The van der Waals surface area contributed by atoms with Crippen LogP contribution in [0.15, 0.2) is 30.3 Å². The molecule has 1 unspecified atom stereocenters. The summed E-state index contributed by atoms with van der Waals surface area (Å²) in [5, 5.41) is 2.58. The predicted octanol–water partition coefficient (Wildman–Crippen LogP) is 3.65. The molecule has 1 aromatic carbocycles. The van der Waals surface area contributed by atoms with Gasteiger partial charge in [0.15, 0.2) is 5.78 Å². The molecule has 0 fully saturated rings. The van der Waals surface area contributed by atoms with Crippen LogP contribution in [0.25, 0.3) is 0 Å². The lowest BCUT2D eigenvalue weighted by atomic mass is 10.0. The first-order chi connectivity index (χ1) is 9.69. The zero-order valence-corrected chi connectivity index (χ0v) is 14.6. The highest BCUT2D eigenvalue weighted by Crippen LogP contribution is 2.14. The van der Waals surface area contributed by atoms with E-state index in [-0.39, 0.29) is 5.78 Å². The smallest absolute Gasteiger partial charge is 0.408 e. The van der Waals surface area contributed by atoms with E-state index in [0.717, 1.165) is 5.56 Å². The SMILES string of the molecule is CC(C)(C)OC(=O)N[C@@H](Cc1ccccc1)C(=O)C(Cl)Br. The van der Waals surface area contributed by atoms with E-state index in [1.807, 2.05) is 30.3 Å². The Morgan fingerprint density at radius 2 is 1.86 bits per heavy atom. The molecule has 6 heteroatoms. The normalized spacial score (nSPS) is 14.1. The summed E-state index contributed by atoms with van der Waals surface area (Å²) in [6, 6.07) is 8.65. The fraction of sp³-hybridized carbons (Fsp3) is 0.467. The molecule has 0 saturated heterocycles. The van der Waals surface area contributed by atoms with Gasteiger partial charge in [0, 0.05) is 0 Å². The van der Waals surface area contributed by atoms with Gasteiger partial charge in [-0.25, -0.2) is 4.79 Å². The lowest BCUT2D eigenvalue weighted by Crippen LogP contribution is -2.46. The number of ketones is 1. The molecule has 1 aromatic rings. The van der Waals surface area contributed by atoms with Gasteiger partial charge in [0.05, 0.1) is 6.04 Å². The average molecular weight is 377 g/mol. The summed E-state index contributed by atoms with van der Waals surface area (Å²) in [7, 11) is 0. The summed E-state index contributed by atoms with van der Waals surface area (Å²) in [6.45, 7) is 5.28. The lowest BCUT2D eigenvalue weighted by Gasteiger charge is -2.23. The quantitative estimate of drug-likeness (QED) is 0.798. The molecular formula is C15H19BrClNO3. The van der Waals surface area contributed by atoms with Crippen molar-refractivity contribution in [2.75, 3.05) is 0 Å². The number of hydrogen-bond acceptors (Lipinski definition) is 3. The highest BCUT2D eigenvalue weighted by molar-refractivity contribution is 9.10. The van der Waals surface area contributed by atoms with E-state index in [0.29, 0.717) is 6.42 Å². The number of rotatable bonds is 5. The van der Waals surface area contributed by atoms with Crippen molar-refractivity contribution in [1.29, 1.82) is 0 Å². The van der Waals surface area contributed by atoms with Crippen LogP contribution in [0.1, 0.15) is 26.3 Å². The molecule has 2 atom stereocenters.